The van der Waals surface area contributed by atoms with E-state index >= 15 is 0 Å². The lowest BCUT2D eigenvalue weighted by atomic mass is 9.73. The first kappa shape index (κ1) is 91.8. The zero-order chi connectivity index (χ0) is 93.5. The number of ether oxygens (including phenoxy) is 2. The van der Waals surface area contributed by atoms with Crippen LogP contribution >= 0.6 is 0 Å². The van der Waals surface area contributed by atoms with E-state index in [0.29, 0.717) is 56.2 Å². The molecule has 10 aromatic carbocycles. The Labute approximate surface area is 779 Å². The monoisotopic (exact) mass is 1800 g/mol. The van der Waals surface area contributed by atoms with Crippen molar-refractivity contribution in [3.05, 3.63) is 370 Å². The number of benzene rings is 10. The molecule has 10 heterocycles. The van der Waals surface area contributed by atoms with Crippen LogP contribution in [0.5, 0.6) is 0 Å². The number of amides is 8. The van der Waals surface area contributed by atoms with E-state index in [0.717, 1.165) is 39.1 Å². The minimum absolute atomic E-state index is 0.00433. The second-order valence-corrected chi connectivity index (χ2v) is 35.8. The summed E-state index contributed by atoms with van der Waals surface area (Å²) < 4.78 is 37.5. The number of pyridine rings is 2. The number of carbonyl (C=O) groups excluding carboxylic acids is 8. The highest BCUT2D eigenvalue weighted by atomic mass is 19.1. The number of aryl methyl sites for hydroxylation is 4. The molecule has 2 aromatic heterocycles. The lowest BCUT2D eigenvalue weighted by Gasteiger charge is -2.59. The summed E-state index contributed by atoms with van der Waals surface area (Å²) in [5.74, 6) is -1.75. The van der Waals surface area contributed by atoms with Crippen LogP contribution < -0.4 is 0 Å². The summed E-state index contributed by atoms with van der Waals surface area (Å²) in [5, 5.41) is 20.0. The Morgan fingerprint density at radius 1 is 0.328 bits per heavy atom. The predicted molar refractivity (Wildman–Crippen MR) is 507 cm³/mol. The second kappa shape index (κ2) is 40.6. The van der Waals surface area contributed by atoms with Crippen LogP contribution in [-0.2, 0) is 51.1 Å². The van der Waals surface area contributed by atoms with Crippen LogP contribution in [0, 0.1) is 39.3 Å². The molecular formula is C110H108F2N10O12. The molecule has 2 N–H and O–H groups in total. The van der Waals surface area contributed by atoms with Crippen LogP contribution in [0.1, 0.15) is 100 Å². The minimum atomic E-state index is -0.411. The Morgan fingerprint density at radius 3 is 0.843 bits per heavy atom. The van der Waals surface area contributed by atoms with Crippen LogP contribution in [-0.4, -0.2) is 248 Å². The van der Waals surface area contributed by atoms with Gasteiger partial charge in [-0.15, -0.1) is 0 Å². The van der Waals surface area contributed by atoms with Gasteiger partial charge in [0.05, 0.1) is 101 Å². The van der Waals surface area contributed by atoms with Crippen molar-refractivity contribution in [3.63, 3.8) is 0 Å². The van der Waals surface area contributed by atoms with Gasteiger partial charge in [0.25, 0.3) is 11.8 Å². The van der Waals surface area contributed by atoms with Gasteiger partial charge in [0.1, 0.15) is 24.7 Å². The number of halogens is 2. The van der Waals surface area contributed by atoms with Crippen molar-refractivity contribution in [2.75, 3.05) is 93.0 Å². The summed E-state index contributed by atoms with van der Waals surface area (Å²) in [7, 11) is 3.31. The molecule has 0 unspecified atom stereocenters. The molecule has 684 valence electrons. The summed E-state index contributed by atoms with van der Waals surface area (Å²) >= 11 is 0. The Morgan fingerprint density at radius 2 is 0.582 bits per heavy atom. The van der Waals surface area contributed by atoms with Crippen LogP contribution in [0.2, 0.25) is 0 Å². The number of methoxy groups -OCH3 is 2. The zero-order valence-electron chi connectivity index (χ0n) is 75.7. The first-order chi connectivity index (χ1) is 65.1. The fourth-order valence-corrected chi connectivity index (χ4v) is 21.2. The molecule has 0 bridgehead atoms. The molecule has 0 spiro atoms. The highest BCUT2D eigenvalue weighted by molar-refractivity contribution is 5.99. The molecule has 20 rings (SSSR count). The second-order valence-electron chi connectivity index (χ2n) is 35.8. The van der Waals surface area contributed by atoms with Gasteiger partial charge in [0, 0.05) is 99.0 Å². The summed E-state index contributed by atoms with van der Waals surface area (Å²) in [4.78, 5) is 126. The van der Waals surface area contributed by atoms with E-state index in [-0.39, 0.29) is 171 Å². The van der Waals surface area contributed by atoms with Crippen molar-refractivity contribution in [2.24, 2.45) is 0 Å². The van der Waals surface area contributed by atoms with E-state index in [1.807, 2.05) is 88.7 Å². The largest absolute Gasteiger partial charge is 0.394 e. The normalized spacial score (nSPS) is 21.9. The van der Waals surface area contributed by atoms with Crippen LogP contribution in [0.25, 0.3) is 44.5 Å². The minimum Gasteiger partial charge on any atom is -0.394 e. The Hall–Kier alpha value is -14.0. The van der Waals surface area contributed by atoms with E-state index in [2.05, 4.69) is 189 Å². The highest BCUT2D eigenvalue weighted by Crippen LogP contribution is 2.49. The molecule has 0 aliphatic carbocycles. The molecule has 0 saturated carbocycles. The van der Waals surface area contributed by atoms with Crippen molar-refractivity contribution in [1.29, 1.82) is 0 Å². The van der Waals surface area contributed by atoms with E-state index in [9.17, 15) is 57.4 Å². The average molecular weight is 1800 g/mol. The summed E-state index contributed by atoms with van der Waals surface area (Å²) in [5.41, 5.74) is 20.8. The quantitative estimate of drug-likeness (QED) is 0.0721. The van der Waals surface area contributed by atoms with Gasteiger partial charge in [-0.1, -0.05) is 206 Å². The van der Waals surface area contributed by atoms with Crippen molar-refractivity contribution in [2.45, 2.75) is 113 Å². The number of rotatable bonds is 20. The first-order valence-corrected chi connectivity index (χ1v) is 45.6. The number of carbonyl (C=O) groups is 8. The molecule has 12 atom stereocenters. The van der Waals surface area contributed by atoms with Crippen molar-refractivity contribution in [1.82, 2.24) is 49.2 Å². The third-order valence-corrected chi connectivity index (χ3v) is 27.9. The number of piperazine rings is 4. The Balaban J connectivity index is 0.000000124. The summed E-state index contributed by atoms with van der Waals surface area (Å²) in [6.07, 6.45) is 3.74. The fourth-order valence-electron chi connectivity index (χ4n) is 21.2. The number of aliphatic hydroxyl groups is 2. The molecule has 22 nitrogen and oxygen atoms in total. The number of fused-ring (bicyclic) bond motifs is 4. The molecule has 8 saturated heterocycles. The van der Waals surface area contributed by atoms with Gasteiger partial charge in [-0.3, -0.25) is 48.3 Å². The molecule has 8 aliphatic heterocycles. The summed E-state index contributed by atoms with van der Waals surface area (Å²) in [6, 6.07) is 87.6. The molecule has 134 heavy (non-hydrogen) atoms. The van der Waals surface area contributed by atoms with Gasteiger partial charge in [-0.2, -0.15) is 0 Å². The van der Waals surface area contributed by atoms with Crippen molar-refractivity contribution in [3.8, 4) is 44.5 Å². The van der Waals surface area contributed by atoms with Gasteiger partial charge >= 0.3 is 0 Å². The summed E-state index contributed by atoms with van der Waals surface area (Å²) in [6.45, 7) is 11.1. The van der Waals surface area contributed by atoms with E-state index in [4.69, 9.17) is 9.47 Å². The topological polar surface area (TPSA) is 247 Å². The molecule has 0 radical (unpaired) electrons. The molecule has 8 amide bonds. The number of aliphatic hydroxyl groups excluding tert-OH is 2. The van der Waals surface area contributed by atoms with Gasteiger partial charge in [0.2, 0.25) is 35.4 Å². The maximum absolute atomic E-state index is 13.3. The first-order valence-electron chi connectivity index (χ1n) is 45.6. The molecular weight excluding hydrogens is 1690 g/mol. The van der Waals surface area contributed by atoms with Crippen molar-refractivity contribution < 1.29 is 66.8 Å². The van der Waals surface area contributed by atoms with E-state index in [1.54, 1.807) is 51.1 Å². The van der Waals surface area contributed by atoms with E-state index in [1.165, 1.54) is 109 Å². The van der Waals surface area contributed by atoms with Gasteiger partial charge in [-0.25, -0.2) is 8.78 Å². The molecule has 12 aromatic rings. The van der Waals surface area contributed by atoms with Crippen LogP contribution in [0.15, 0.2) is 291 Å². The highest BCUT2D eigenvalue weighted by Gasteiger charge is 2.59. The van der Waals surface area contributed by atoms with Gasteiger partial charge in [-0.05, 0) is 190 Å². The van der Waals surface area contributed by atoms with E-state index < -0.39 is 11.6 Å². The molecule has 8 fully saturated rings. The predicted octanol–water partition coefficient (Wildman–Crippen LogP) is 14.1. The maximum Gasteiger partial charge on any atom is 0.254 e. The standard InChI is InChI=1S/C28H27FN2O3.C28H29N3O3.C27H25FN2O3.C27H27N3O3/c1-18-5-3-4-6-23(18)19-7-9-20(10-8-19)27-24-15-30(16-26(32)31(24)25(27)17-34-2)28(33)21-11-13-22(29)14-12-21;1-19-7-3-4-9-23(19)20-10-12-21(13-11-20)28-24-16-30(17-27(33)31(24)25(28)18-34-2)26(32)15-22-8-5-6-14-29-22;1-17-4-2-3-5-22(17)18-6-8-19(9-7-18)26-23-14-29(15-25(32)30(23)24(26)16-31)27(33)20-10-12-21(28)13-11-20;1-18-6-2-3-8-22(18)19-9-11-20(12-10-19)27-23-15-29(16-26(33)30(23)24(27)17-31)25(32)14-21-7-4-5-13-28-21/h3-14,24-25,27H,15-17H2,1-2H3;3-14,24-25,28H,15-18H2,1-2H3;2-13,23-24,26,31H,14-16H2,1H3;2-13,23-24,27,31H,14-17H2,1H3/t24-,25-,27+;24-,25-,28+;23-,24-,26+;23-,24-,27+/m0000/s1. The van der Waals surface area contributed by atoms with Gasteiger partial charge < -0.3 is 58.9 Å². The zero-order valence-corrected chi connectivity index (χ0v) is 75.7. The van der Waals surface area contributed by atoms with Crippen LogP contribution in [0.4, 0.5) is 8.78 Å². The lowest BCUT2D eigenvalue weighted by Crippen LogP contribution is -2.73. The third kappa shape index (κ3) is 18.9. The molecule has 24 heteroatoms. The number of aromatic nitrogens is 2. The lowest BCUT2D eigenvalue weighted by molar-refractivity contribution is -0.167. The smallest absolute Gasteiger partial charge is 0.254 e. The van der Waals surface area contributed by atoms with Crippen molar-refractivity contribution >= 4 is 47.3 Å². The van der Waals surface area contributed by atoms with Crippen LogP contribution in [0.3, 0.4) is 0 Å². The average Bonchev–Trinajstić information content (AvgIpc) is 0.738. The molecule has 8 aliphatic rings. The van der Waals surface area contributed by atoms with Gasteiger partial charge in [0.15, 0.2) is 0 Å². The number of hydrogen-bond acceptors (Lipinski definition) is 14. The maximum atomic E-state index is 13.3. The SMILES string of the molecule is COC[C@H]1[C@H](c2ccc(-c3ccccc3C)cc2)[C@@H]2CN(C(=O)Cc3ccccn3)CC(=O)N12.COC[C@H]1[C@H](c2ccc(-c3ccccc3C)cc2)[C@@H]2CN(C(=O)c3ccc(F)cc3)CC(=O)N12.Cc1ccccc1-c1ccc([C@H]2[C@H](CO)N3C(=O)CN(C(=O)Cc4ccccn4)C[C@@H]23)cc1.Cc1ccccc1-c1ccc([C@H]2[C@H](CO)N3C(=O)CN(C(=O)c4ccc(F)cc4)C[C@@H]23)cc1. The Kier molecular flexibility index (Phi) is 27.8. The number of nitrogens with zero attached hydrogens (tertiary/aromatic N) is 10. The Bertz CT molecular complexity index is 6260. The number of hydrogen-bond donors (Lipinski definition) is 2. The fraction of sp³-hybridized carbons (Fsp3) is 0.291. The third-order valence-electron chi connectivity index (χ3n) is 27.9.